The standard InChI is InChI=1S/C19H24N4O2/c1-12(8-15-6-7-17(24-4)18(9-15)25-5)11-21-19-16(10-20)13(2)14(3)22-23-19/h6-7,9,12H,8,11H2,1-5H3,(H,21,23). The van der Waals surface area contributed by atoms with Crippen LogP contribution in [0.3, 0.4) is 0 Å². The molecule has 0 amide bonds. The van der Waals surface area contributed by atoms with Crippen LogP contribution in [0.4, 0.5) is 5.82 Å². The van der Waals surface area contributed by atoms with Gasteiger partial charge in [0.05, 0.1) is 19.9 Å². The van der Waals surface area contributed by atoms with Crippen LogP contribution in [0.25, 0.3) is 0 Å². The Balaban J connectivity index is 2.03. The molecule has 1 aromatic carbocycles. The highest BCUT2D eigenvalue weighted by Crippen LogP contribution is 2.28. The fraction of sp³-hybridized carbons (Fsp3) is 0.421. The van der Waals surface area contributed by atoms with Gasteiger partial charge in [-0.25, -0.2) is 0 Å². The van der Waals surface area contributed by atoms with Crippen molar-refractivity contribution in [1.82, 2.24) is 10.2 Å². The zero-order valence-electron chi connectivity index (χ0n) is 15.4. The molecular formula is C19H24N4O2. The Kier molecular flexibility index (Phi) is 6.18. The summed E-state index contributed by atoms with van der Waals surface area (Å²) >= 11 is 0. The summed E-state index contributed by atoms with van der Waals surface area (Å²) in [4.78, 5) is 0. The normalized spacial score (nSPS) is 11.5. The monoisotopic (exact) mass is 340 g/mol. The molecule has 0 aliphatic heterocycles. The minimum atomic E-state index is 0.341. The number of hydrogen-bond donors (Lipinski definition) is 1. The number of nitriles is 1. The first-order chi connectivity index (χ1) is 12.0. The molecule has 0 aliphatic carbocycles. The van der Waals surface area contributed by atoms with E-state index in [1.54, 1.807) is 14.2 Å². The van der Waals surface area contributed by atoms with Crippen molar-refractivity contribution in [2.45, 2.75) is 27.2 Å². The lowest BCUT2D eigenvalue weighted by Gasteiger charge is -2.16. The maximum absolute atomic E-state index is 9.35. The number of methoxy groups -OCH3 is 2. The molecular weight excluding hydrogens is 316 g/mol. The molecule has 0 saturated carbocycles. The first kappa shape index (κ1) is 18.5. The van der Waals surface area contributed by atoms with Crippen molar-refractivity contribution >= 4 is 5.82 Å². The van der Waals surface area contributed by atoms with Crippen LogP contribution < -0.4 is 14.8 Å². The Bertz CT molecular complexity index is 784. The molecule has 0 fully saturated rings. The van der Waals surface area contributed by atoms with Gasteiger partial charge in [-0.05, 0) is 49.4 Å². The van der Waals surface area contributed by atoms with Crippen molar-refractivity contribution in [1.29, 1.82) is 5.26 Å². The summed E-state index contributed by atoms with van der Waals surface area (Å²) in [5.41, 5.74) is 3.37. The first-order valence-corrected chi connectivity index (χ1v) is 8.18. The van der Waals surface area contributed by atoms with Crippen molar-refractivity contribution < 1.29 is 9.47 Å². The summed E-state index contributed by atoms with van der Waals surface area (Å²) in [6, 6.07) is 8.15. The van der Waals surface area contributed by atoms with Crippen LogP contribution in [0.1, 0.15) is 29.3 Å². The summed E-state index contributed by atoms with van der Waals surface area (Å²) in [6.07, 6.45) is 0.869. The van der Waals surface area contributed by atoms with E-state index in [2.05, 4.69) is 28.5 Å². The molecule has 0 spiro atoms. The van der Waals surface area contributed by atoms with Gasteiger partial charge in [-0.1, -0.05) is 13.0 Å². The van der Waals surface area contributed by atoms with E-state index in [0.29, 0.717) is 23.8 Å². The third-order valence-electron chi connectivity index (χ3n) is 4.22. The van der Waals surface area contributed by atoms with Gasteiger partial charge < -0.3 is 14.8 Å². The van der Waals surface area contributed by atoms with E-state index in [-0.39, 0.29) is 0 Å². The maximum Gasteiger partial charge on any atom is 0.166 e. The predicted molar refractivity (Wildman–Crippen MR) is 97.1 cm³/mol. The number of benzene rings is 1. The van der Waals surface area contributed by atoms with Crippen molar-refractivity contribution in [3.8, 4) is 17.6 Å². The molecule has 25 heavy (non-hydrogen) atoms. The molecule has 0 bridgehead atoms. The molecule has 1 heterocycles. The highest BCUT2D eigenvalue weighted by molar-refractivity contribution is 5.55. The smallest absolute Gasteiger partial charge is 0.166 e. The quantitative estimate of drug-likeness (QED) is 0.833. The number of nitrogens with one attached hydrogen (secondary N) is 1. The van der Waals surface area contributed by atoms with Crippen LogP contribution >= 0.6 is 0 Å². The van der Waals surface area contributed by atoms with Gasteiger partial charge in [0.15, 0.2) is 17.3 Å². The Morgan fingerprint density at radius 2 is 1.88 bits per heavy atom. The van der Waals surface area contributed by atoms with E-state index in [9.17, 15) is 5.26 Å². The second kappa shape index (κ2) is 8.34. The number of aryl methyl sites for hydroxylation is 1. The minimum absolute atomic E-state index is 0.341. The Morgan fingerprint density at radius 3 is 2.52 bits per heavy atom. The molecule has 1 unspecified atom stereocenters. The van der Waals surface area contributed by atoms with E-state index >= 15 is 0 Å². The van der Waals surface area contributed by atoms with E-state index in [0.717, 1.165) is 29.2 Å². The van der Waals surface area contributed by atoms with E-state index in [1.165, 1.54) is 5.56 Å². The summed E-state index contributed by atoms with van der Waals surface area (Å²) < 4.78 is 10.6. The summed E-state index contributed by atoms with van der Waals surface area (Å²) in [7, 11) is 3.26. The van der Waals surface area contributed by atoms with E-state index < -0.39 is 0 Å². The third-order valence-corrected chi connectivity index (χ3v) is 4.22. The lowest BCUT2D eigenvalue weighted by atomic mass is 10.0. The van der Waals surface area contributed by atoms with Gasteiger partial charge in [0.25, 0.3) is 0 Å². The van der Waals surface area contributed by atoms with E-state index in [4.69, 9.17) is 9.47 Å². The highest BCUT2D eigenvalue weighted by Gasteiger charge is 2.13. The van der Waals surface area contributed by atoms with Crippen molar-refractivity contribution in [2.75, 3.05) is 26.1 Å². The molecule has 2 rings (SSSR count). The number of anilines is 1. The molecule has 2 aromatic rings. The second-order valence-corrected chi connectivity index (χ2v) is 6.13. The van der Waals surface area contributed by atoms with Crippen LogP contribution in [0.15, 0.2) is 18.2 Å². The van der Waals surface area contributed by atoms with E-state index in [1.807, 2.05) is 32.0 Å². The van der Waals surface area contributed by atoms with Crippen molar-refractivity contribution in [3.05, 3.63) is 40.6 Å². The average Bonchev–Trinajstić information content (AvgIpc) is 2.62. The van der Waals surface area contributed by atoms with Crippen LogP contribution in [-0.4, -0.2) is 31.0 Å². The maximum atomic E-state index is 9.35. The fourth-order valence-corrected chi connectivity index (χ4v) is 2.62. The lowest BCUT2D eigenvalue weighted by molar-refractivity contribution is 0.354. The van der Waals surface area contributed by atoms with Crippen LogP contribution in [0, 0.1) is 31.1 Å². The average molecular weight is 340 g/mol. The van der Waals surface area contributed by atoms with Gasteiger partial charge in [0.2, 0.25) is 0 Å². The fourth-order valence-electron chi connectivity index (χ4n) is 2.62. The molecule has 0 radical (unpaired) electrons. The molecule has 6 nitrogen and oxygen atoms in total. The van der Waals surface area contributed by atoms with Gasteiger partial charge in [0, 0.05) is 6.54 Å². The summed E-state index contributed by atoms with van der Waals surface area (Å²) in [5.74, 6) is 2.34. The van der Waals surface area contributed by atoms with Gasteiger partial charge in [-0.2, -0.15) is 10.4 Å². The number of ether oxygens (including phenoxy) is 2. The molecule has 0 saturated heterocycles. The number of aromatic nitrogens is 2. The Hall–Kier alpha value is -2.81. The number of nitrogens with zero attached hydrogens (tertiary/aromatic N) is 3. The van der Waals surface area contributed by atoms with Gasteiger partial charge in [-0.15, -0.1) is 5.10 Å². The van der Waals surface area contributed by atoms with Crippen molar-refractivity contribution in [3.63, 3.8) is 0 Å². The lowest BCUT2D eigenvalue weighted by Crippen LogP contribution is -2.16. The van der Waals surface area contributed by atoms with Crippen LogP contribution in [0.2, 0.25) is 0 Å². The van der Waals surface area contributed by atoms with Crippen LogP contribution in [0.5, 0.6) is 11.5 Å². The van der Waals surface area contributed by atoms with Gasteiger partial charge in [-0.3, -0.25) is 0 Å². The largest absolute Gasteiger partial charge is 0.493 e. The third kappa shape index (κ3) is 4.38. The molecule has 1 N–H and O–H groups in total. The number of hydrogen-bond acceptors (Lipinski definition) is 6. The molecule has 6 heteroatoms. The second-order valence-electron chi connectivity index (χ2n) is 6.13. The topological polar surface area (TPSA) is 80.1 Å². The highest BCUT2D eigenvalue weighted by atomic mass is 16.5. The summed E-state index contributed by atoms with van der Waals surface area (Å²) in [6.45, 7) is 6.58. The Labute approximate surface area is 148 Å². The van der Waals surface area contributed by atoms with Crippen LogP contribution in [-0.2, 0) is 6.42 Å². The molecule has 132 valence electrons. The SMILES string of the molecule is COc1ccc(CC(C)CNc2nnc(C)c(C)c2C#N)cc1OC. The zero-order valence-corrected chi connectivity index (χ0v) is 15.4. The van der Waals surface area contributed by atoms with Crippen molar-refractivity contribution in [2.24, 2.45) is 5.92 Å². The first-order valence-electron chi connectivity index (χ1n) is 8.18. The molecule has 0 aliphatic rings. The Morgan fingerprint density at radius 1 is 1.16 bits per heavy atom. The summed E-state index contributed by atoms with van der Waals surface area (Å²) in [5, 5.41) is 20.8. The zero-order chi connectivity index (χ0) is 18.4. The van der Waals surface area contributed by atoms with Gasteiger partial charge in [0.1, 0.15) is 11.6 Å². The molecule has 1 aromatic heterocycles. The predicted octanol–water partition coefficient (Wildman–Crippen LogP) is 3.27. The number of rotatable bonds is 7. The van der Waals surface area contributed by atoms with Gasteiger partial charge >= 0.3 is 0 Å². The molecule has 1 atom stereocenters. The minimum Gasteiger partial charge on any atom is -0.493 e.